The molecule has 0 fully saturated rings. The van der Waals surface area contributed by atoms with E-state index in [0.717, 1.165) is 4.90 Å². The summed E-state index contributed by atoms with van der Waals surface area (Å²) in [5.41, 5.74) is 1.21. The fourth-order valence-corrected chi connectivity index (χ4v) is 3.16. The van der Waals surface area contributed by atoms with Crippen LogP contribution in [-0.4, -0.2) is 24.4 Å². The van der Waals surface area contributed by atoms with Crippen LogP contribution in [-0.2, 0) is 0 Å². The average molecular weight is 387 g/mol. The van der Waals surface area contributed by atoms with Crippen molar-refractivity contribution in [2.45, 2.75) is 6.92 Å². The number of fused-ring (bicyclic) bond motifs is 1. The first-order valence-corrected chi connectivity index (χ1v) is 9.12. The summed E-state index contributed by atoms with van der Waals surface area (Å²) in [6, 6.07) is 19.7. The number of carbonyl (C=O) groups is 3. The Hall–Kier alpha value is -3.93. The van der Waals surface area contributed by atoms with Crippen LogP contribution in [0.25, 0.3) is 0 Å². The monoisotopic (exact) mass is 387 g/mol. The van der Waals surface area contributed by atoms with Crippen LogP contribution in [0.3, 0.4) is 0 Å². The molecular formula is C23H17NO5. The number of para-hydroxylation sites is 2. The number of rotatable bonds is 5. The van der Waals surface area contributed by atoms with Crippen molar-refractivity contribution in [3.8, 4) is 11.5 Å². The van der Waals surface area contributed by atoms with Crippen molar-refractivity contribution in [1.29, 1.82) is 0 Å². The van der Waals surface area contributed by atoms with Gasteiger partial charge in [0, 0.05) is 0 Å². The number of hydrogen-bond acceptors (Lipinski definition) is 5. The van der Waals surface area contributed by atoms with Gasteiger partial charge in [0.25, 0.3) is 11.8 Å². The molecule has 1 aliphatic rings. The molecule has 4 rings (SSSR count). The second-order valence-electron chi connectivity index (χ2n) is 6.31. The molecule has 0 bridgehead atoms. The number of carbonyl (C=O) groups excluding carboxylic acids is 3. The molecule has 1 heterocycles. The third-order valence-electron chi connectivity index (χ3n) is 4.49. The molecule has 3 aromatic rings. The zero-order valence-electron chi connectivity index (χ0n) is 15.6. The van der Waals surface area contributed by atoms with Gasteiger partial charge in [-0.3, -0.25) is 9.59 Å². The lowest BCUT2D eigenvalue weighted by atomic mass is 10.1. The van der Waals surface area contributed by atoms with Gasteiger partial charge in [-0.1, -0.05) is 30.3 Å². The maximum Gasteiger partial charge on any atom is 0.343 e. The van der Waals surface area contributed by atoms with E-state index in [2.05, 4.69) is 0 Å². The van der Waals surface area contributed by atoms with Gasteiger partial charge < -0.3 is 9.47 Å². The van der Waals surface area contributed by atoms with Gasteiger partial charge in [0.1, 0.15) is 0 Å². The maximum absolute atomic E-state index is 12.7. The fourth-order valence-electron chi connectivity index (χ4n) is 3.16. The summed E-state index contributed by atoms with van der Waals surface area (Å²) in [5.74, 6) is -0.698. The second kappa shape index (κ2) is 7.59. The van der Waals surface area contributed by atoms with Gasteiger partial charge in [0.2, 0.25) is 0 Å². The highest BCUT2D eigenvalue weighted by Crippen LogP contribution is 2.30. The molecule has 0 saturated carbocycles. The summed E-state index contributed by atoms with van der Waals surface area (Å²) in [6.07, 6.45) is 0. The minimum Gasteiger partial charge on any atom is -0.490 e. The number of amides is 2. The summed E-state index contributed by atoms with van der Waals surface area (Å²) in [7, 11) is 0. The number of anilines is 1. The van der Waals surface area contributed by atoms with Crippen LogP contribution >= 0.6 is 0 Å². The molecule has 0 aromatic heterocycles. The molecule has 29 heavy (non-hydrogen) atoms. The predicted molar refractivity (Wildman–Crippen MR) is 107 cm³/mol. The minimum absolute atomic E-state index is 0.213. The van der Waals surface area contributed by atoms with E-state index in [1.165, 1.54) is 6.07 Å². The largest absolute Gasteiger partial charge is 0.490 e. The zero-order valence-corrected chi connectivity index (χ0v) is 15.6. The number of ether oxygens (including phenoxy) is 2. The van der Waals surface area contributed by atoms with Crippen LogP contribution in [0.5, 0.6) is 11.5 Å². The Morgan fingerprint density at radius 1 is 0.828 bits per heavy atom. The van der Waals surface area contributed by atoms with Gasteiger partial charge in [-0.25, -0.2) is 9.69 Å². The number of hydrogen-bond donors (Lipinski definition) is 0. The summed E-state index contributed by atoms with van der Waals surface area (Å²) in [4.78, 5) is 39.1. The predicted octanol–water partition coefficient (Wildman–Crippen LogP) is 4.11. The lowest BCUT2D eigenvalue weighted by molar-refractivity contribution is 0.0727. The third-order valence-corrected chi connectivity index (χ3v) is 4.49. The lowest BCUT2D eigenvalue weighted by Crippen LogP contribution is -2.29. The molecule has 0 atom stereocenters. The molecule has 0 N–H and O–H groups in total. The Labute approximate surface area is 167 Å². The van der Waals surface area contributed by atoms with Crippen molar-refractivity contribution in [2.75, 3.05) is 11.5 Å². The van der Waals surface area contributed by atoms with Crippen molar-refractivity contribution >= 4 is 23.5 Å². The standard InChI is InChI=1S/C23H17NO5/c1-2-28-19-12-5-6-13-20(19)29-23(27)15-8-7-9-16(14-15)24-21(25)17-10-3-4-11-18(17)22(24)26/h3-14H,2H2,1H3. The zero-order chi connectivity index (χ0) is 20.4. The molecule has 0 aliphatic carbocycles. The molecule has 0 spiro atoms. The molecular weight excluding hydrogens is 370 g/mol. The molecule has 1 aliphatic heterocycles. The van der Waals surface area contributed by atoms with Gasteiger partial charge in [-0.05, 0) is 49.4 Å². The Bertz CT molecular complexity index is 1090. The van der Waals surface area contributed by atoms with E-state index in [4.69, 9.17) is 9.47 Å². The van der Waals surface area contributed by atoms with Gasteiger partial charge in [0.15, 0.2) is 11.5 Å². The number of esters is 1. The van der Waals surface area contributed by atoms with Gasteiger partial charge in [0.05, 0.1) is 29.0 Å². The molecule has 6 nitrogen and oxygen atoms in total. The number of imide groups is 1. The Morgan fingerprint density at radius 2 is 1.45 bits per heavy atom. The van der Waals surface area contributed by atoms with E-state index >= 15 is 0 Å². The normalized spacial score (nSPS) is 12.7. The molecule has 6 heteroatoms. The lowest BCUT2D eigenvalue weighted by Gasteiger charge is -2.15. The molecule has 144 valence electrons. The molecule has 3 aromatic carbocycles. The van der Waals surface area contributed by atoms with Gasteiger partial charge in [-0.2, -0.15) is 0 Å². The Kier molecular flexibility index (Phi) is 4.83. The van der Waals surface area contributed by atoms with Crippen molar-refractivity contribution in [1.82, 2.24) is 0 Å². The quantitative estimate of drug-likeness (QED) is 0.374. The maximum atomic E-state index is 12.7. The smallest absolute Gasteiger partial charge is 0.343 e. The van der Waals surface area contributed by atoms with Crippen LogP contribution in [0.4, 0.5) is 5.69 Å². The molecule has 2 amide bonds. The Morgan fingerprint density at radius 3 is 2.10 bits per heavy atom. The highest BCUT2D eigenvalue weighted by atomic mass is 16.6. The summed E-state index contributed by atoms with van der Waals surface area (Å²) in [5, 5.41) is 0. The Balaban J connectivity index is 1.61. The average Bonchev–Trinajstić information content (AvgIpc) is 3.00. The van der Waals surface area contributed by atoms with Crippen molar-refractivity contribution < 1.29 is 23.9 Å². The topological polar surface area (TPSA) is 72.9 Å². The van der Waals surface area contributed by atoms with Crippen LogP contribution in [0, 0.1) is 0 Å². The minimum atomic E-state index is -0.615. The third kappa shape index (κ3) is 3.36. The highest BCUT2D eigenvalue weighted by molar-refractivity contribution is 6.34. The van der Waals surface area contributed by atoms with Crippen LogP contribution < -0.4 is 14.4 Å². The van der Waals surface area contributed by atoms with Crippen LogP contribution in [0.2, 0.25) is 0 Å². The summed E-state index contributed by atoms with van der Waals surface area (Å²) in [6.45, 7) is 2.27. The van der Waals surface area contributed by atoms with E-state index in [-0.39, 0.29) is 5.56 Å². The molecule has 0 unspecified atom stereocenters. The summed E-state index contributed by atoms with van der Waals surface area (Å²) < 4.78 is 10.9. The van der Waals surface area contributed by atoms with E-state index in [0.29, 0.717) is 34.9 Å². The number of nitrogens with zero attached hydrogens (tertiary/aromatic N) is 1. The van der Waals surface area contributed by atoms with E-state index in [9.17, 15) is 14.4 Å². The number of benzene rings is 3. The first-order chi connectivity index (χ1) is 14.1. The second-order valence-corrected chi connectivity index (χ2v) is 6.31. The first-order valence-electron chi connectivity index (χ1n) is 9.12. The highest BCUT2D eigenvalue weighted by Gasteiger charge is 2.36. The van der Waals surface area contributed by atoms with E-state index in [1.54, 1.807) is 66.7 Å². The van der Waals surface area contributed by atoms with E-state index < -0.39 is 17.8 Å². The SMILES string of the molecule is CCOc1ccccc1OC(=O)c1cccc(N2C(=O)c3ccccc3C2=O)c1. The molecule has 0 radical (unpaired) electrons. The molecule has 0 saturated heterocycles. The fraction of sp³-hybridized carbons (Fsp3) is 0.0870. The van der Waals surface area contributed by atoms with E-state index in [1.807, 2.05) is 6.92 Å². The van der Waals surface area contributed by atoms with Crippen LogP contribution in [0.15, 0.2) is 72.8 Å². The van der Waals surface area contributed by atoms with Gasteiger partial charge in [-0.15, -0.1) is 0 Å². The van der Waals surface area contributed by atoms with Crippen LogP contribution in [0.1, 0.15) is 38.0 Å². The van der Waals surface area contributed by atoms with Crippen molar-refractivity contribution in [3.63, 3.8) is 0 Å². The van der Waals surface area contributed by atoms with Crippen molar-refractivity contribution in [3.05, 3.63) is 89.5 Å². The summed E-state index contributed by atoms with van der Waals surface area (Å²) >= 11 is 0. The first kappa shape index (κ1) is 18.4. The van der Waals surface area contributed by atoms with Crippen molar-refractivity contribution in [2.24, 2.45) is 0 Å². The van der Waals surface area contributed by atoms with Gasteiger partial charge >= 0.3 is 5.97 Å².